The van der Waals surface area contributed by atoms with E-state index in [1.54, 1.807) is 21.3 Å². The molecule has 0 aliphatic carbocycles. The second-order valence-electron chi connectivity index (χ2n) is 4.58. The van der Waals surface area contributed by atoms with Gasteiger partial charge in [-0.2, -0.15) is 0 Å². The Hall–Kier alpha value is -1.46. The van der Waals surface area contributed by atoms with Gasteiger partial charge in [-0.05, 0) is 13.0 Å². The molecule has 1 atom stereocenters. The van der Waals surface area contributed by atoms with Crippen LogP contribution >= 0.6 is 0 Å². The number of hydrogen-bond acceptors (Lipinski definition) is 5. The quantitative estimate of drug-likeness (QED) is 0.809. The molecule has 1 unspecified atom stereocenters. The molecule has 1 aliphatic heterocycles. The average Bonchev–Trinajstić information content (AvgIpc) is 2.97. The van der Waals surface area contributed by atoms with Gasteiger partial charge in [0.25, 0.3) is 0 Å². The zero-order valence-corrected chi connectivity index (χ0v) is 11.8. The van der Waals surface area contributed by atoms with Crippen LogP contribution in [0.5, 0.6) is 17.2 Å². The van der Waals surface area contributed by atoms with E-state index in [0.29, 0.717) is 6.04 Å². The van der Waals surface area contributed by atoms with Gasteiger partial charge in [-0.25, -0.2) is 0 Å². The fourth-order valence-electron chi connectivity index (χ4n) is 2.33. The second-order valence-corrected chi connectivity index (χ2v) is 4.58. The molecule has 1 aliphatic rings. The minimum absolute atomic E-state index is 0.511. The summed E-state index contributed by atoms with van der Waals surface area (Å²) in [7, 11) is 4.96. The molecule has 0 saturated carbocycles. The van der Waals surface area contributed by atoms with E-state index in [-0.39, 0.29) is 0 Å². The summed E-state index contributed by atoms with van der Waals surface area (Å²) in [6.45, 7) is 2.82. The number of hydrogen-bond donors (Lipinski definition) is 2. The first-order valence-electron chi connectivity index (χ1n) is 6.51. The van der Waals surface area contributed by atoms with E-state index < -0.39 is 0 Å². The molecule has 1 heterocycles. The van der Waals surface area contributed by atoms with Crippen molar-refractivity contribution in [3.8, 4) is 17.2 Å². The van der Waals surface area contributed by atoms with Crippen LogP contribution < -0.4 is 24.8 Å². The number of ether oxygens (including phenoxy) is 3. The minimum atomic E-state index is 0.511. The zero-order valence-electron chi connectivity index (χ0n) is 11.8. The second kappa shape index (κ2) is 6.63. The molecule has 1 aromatic rings. The van der Waals surface area contributed by atoms with Gasteiger partial charge in [-0.3, -0.25) is 0 Å². The Balaban J connectivity index is 2.16. The lowest BCUT2D eigenvalue weighted by molar-refractivity contribution is 0.365. The SMILES string of the molecule is COc1cc(OC)c(CNC2CCNC2)c(OC)c1. The lowest BCUT2D eigenvalue weighted by Crippen LogP contribution is -2.30. The first kappa shape index (κ1) is 14.0. The van der Waals surface area contributed by atoms with E-state index in [0.717, 1.165) is 48.9 Å². The Bertz CT molecular complexity index is 392. The largest absolute Gasteiger partial charge is 0.496 e. The molecule has 5 nitrogen and oxygen atoms in total. The van der Waals surface area contributed by atoms with Crippen molar-refractivity contribution >= 4 is 0 Å². The highest BCUT2D eigenvalue weighted by Gasteiger charge is 2.17. The van der Waals surface area contributed by atoms with Gasteiger partial charge in [-0.1, -0.05) is 0 Å². The predicted octanol–water partition coefficient (Wildman–Crippen LogP) is 1.16. The van der Waals surface area contributed by atoms with Crippen molar-refractivity contribution < 1.29 is 14.2 Å². The van der Waals surface area contributed by atoms with E-state index in [4.69, 9.17) is 14.2 Å². The zero-order chi connectivity index (χ0) is 13.7. The van der Waals surface area contributed by atoms with Gasteiger partial charge in [-0.15, -0.1) is 0 Å². The summed E-state index contributed by atoms with van der Waals surface area (Å²) in [6.07, 6.45) is 1.15. The van der Waals surface area contributed by atoms with Crippen molar-refractivity contribution in [2.24, 2.45) is 0 Å². The normalized spacial score (nSPS) is 18.4. The van der Waals surface area contributed by atoms with Crippen LogP contribution in [-0.2, 0) is 6.54 Å². The molecule has 2 rings (SSSR count). The van der Waals surface area contributed by atoms with Crippen LogP contribution in [0.15, 0.2) is 12.1 Å². The molecule has 1 saturated heterocycles. The first-order valence-corrected chi connectivity index (χ1v) is 6.51. The van der Waals surface area contributed by atoms with Gasteiger partial charge in [0.2, 0.25) is 0 Å². The third kappa shape index (κ3) is 3.30. The smallest absolute Gasteiger partial charge is 0.130 e. The van der Waals surface area contributed by atoms with E-state index in [1.807, 2.05) is 12.1 Å². The van der Waals surface area contributed by atoms with Crippen molar-refractivity contribution in [3.63, 3.8) is 0 Å². The van der Waals surface area contributed by atoms with Crippen LogP contribution in [0.4, 0.5) is 0 Å². The Morgan fingerprint density at radius 2 is 1.84 bits per heavy atom. The van der Waals surface area contributed by atoms with Crippen molar-refractivity contribution in [1.29, 1.82) is 0 Å². The summed E-state index contributed by atoms with van der Waals surface area (Å²) in [6, 6.07) is 4.27. The summed E-state index contributed by atoms with van der Waals surface area (Å²) in [4.78, 5) is 0. The Morgan fingerprint density at radius 3 is 2.32 bits per heavy atom. The van der Waals surface area contributed by atoms with Crippen LogP contribution in [0.2, 0.25) is 0 Å². The van der Waals surface area contributed by atoms with Crippen LogP contribution in [0.3, 0.4) is 0 Å². The standard InChI is InChI=1S/C14H22N2O3/c1-17-11-6-13(18-2)12(14(7-11)19-3)9-16-10-4-5-15-8-10/h6-7,10,15-16H,4-5,8-9H2,1-3H3. The molecule has 2 N–H and O–H groups in total. The van der Waals surface area contributed by atoms with E-state index in [1.165, 1.54) is 0 Å². The van der Waals surface area contributed by atoms with Gasteiger partial charge < -0.3 is 24.8 Å². The highest BCUT2D eigenvalue weighted by atomic mass is 16.5. The Labute approximate surface area is 114 Å². The van der Waals surface area contributed by atoms with E-state index >= 15 is 0 Å². The molecular formula is C14H22N2O3. The summed E-state index contributed by atoms with van der Waals surface area (Å²) in [5.74, 6) is 2.31. The van der Waals surface area contributed by atoms with Crippen LogP contribution in [-0.4, -0.2) is 40.5 Å². The maximum absolute atomic E-state index is 5.43. The number of methoxy groups -OCH3 is 3. The lowest BCUT2D eigenvalue weighted by Gasteiger charge is -2.17. The van der Waals surface area contributed by atoms with Crippen LogP contribution in [0, 0.1) is 0 Å². The predicted molar refractivity (Wildman–Crippen MR) is 74.2 cm³/mol. The van der Waals surface area contributed by atoms with Crippen molar-refractivity contribution in [1.82, 2.24) is 10.6 Å². The summed E-state index contributed by atoms with van der Waals surface area (Å²) < 4.78 is 16.1. The minimum Gasteiger partial charge on any atom is -0.496 e. The van der Waals surface area contributed by atoms with Crippen molar-refractivity contribution in [2.75, 3.05) is 34.4 Å². The van der Waals surface area contributed by atoms with Gasteiger partial charge in [0.1, 0.15) is 17.2 Å². The molecular weight excluding hydrogens is 244 g/mol. The lowest BCUT2D eigenvalue weighted by atomic mass is 10.1. The third-order valence-electron chi connectivity index (χ3n) is 3.44. The average molecular weight is 266 g/mol. The van der Waals surface area contributed by atoms with Gasteiger partial charge >= 0.3 is 0 Å². The maximum atomic E-state index is 5.43. The number of benzene rings is 1. The molecule has 0 bridgehead atoms. The Kier molecular flexibility index (Phi) is 4.87. The summed E-state index contributed by atoms with van der Waals surface area (Å²) in [5, 5.41) is 6.86. The third-order valence-corrected chi connectivity index (χ3v) is 3.44. The molecule has 106 valence electrons. The van der Waals surface area contributed by atoms with Crippen molar-refractivity contribution in [2.45, 2.75) is 19.0 Å². The molecule has 0 amide bonds. The molecule has 0 radical (unpaired) electrons. The van der Waals surface area contributed by atoms with Crippen molar-refractivity contribution in [3.05, 3.63) is 17.7 Å². The maximum Gasteiger partial charge on any atom is 0.130 e. The molecule has 19 heavy (non-hydrogen) atoms. The van der Waals surface area contributed by atoms with Crippen LogP contribution in [0.1, 0.15) is 12.0 Å². The molecule has 1 aromatic carbocycles. The monoisotopic (exact) mass is 266 g/mol. The van der Waals surface area contributed by atoms with E-state index in [2.05, 4.69) is 10.6 Å². The Morgan fingerprint density at radius 1 is 1.16 bits per heavy atom. The fraction of sp³-hybridized carbons (Fsp3) is 0.571. The summed E-state index contributed by atoms with van der Waals surface area (Å²) >= 11 is 0. The fourth-order valence-corrected chi connectivity index (χ4v) is 2.33. The highest BCUT2D eigenvalue weighted by molar-refractivity contribution is 5.50. The first-order chi connectivity index (χ1) is 9.28. The highest BCUT2D eigenvalue weighted by Crippen LogP contribution is 2.33. The van der Waals surface area contributed by atoms with Gasteiger partial charge in [0.05, 0.1) is 26.9 Å². The molecule has 5 heteroatoms. The van der Waals surface area contributed by atoms with Gasteiger partial charge in [0.15, 0.2) is 0 Å². The molecule has 0 aromatic heterocycles. The summed E-state index contributed by atoms with van der Waals surface area (Å²) in [5.41, 5.74) is 1.03. The number of rotatable bonds is 6. The van der Waals surface area contributed by atoms with Crippen LogP contribution in [0.25, 0.3) is 0 Å². The molecule has 1 fully saturated rings. The van der Waals surface area contributed by atoms with Gasteiger partial charge in [0, 0.05) is 31.3 Å². The topological polar surface area (TPSA) is 51.8 Å². The molecule has 0 spiro atoms. The number of nitrogens with one attached hydrogen (secondary N) is 2. The van der Waals surface area contributed by atoms with E-state index in [9.17, 15) is 0 Å².